The topological polar surface area (TPSA) is 57.5 Å². The summed E-state index contributed by atoms with van der Waals surface area (Å²) in [5.41, 5.74) is 3.33. The van der Waals surface area contributed by atoms with E-state index in [1.54, 1.807) is 6.20 Å². The molecule has 2 aromatic heterocycles. The molecule has 0 atom stereocenters. The van der Waals surface area contributed by atoms with Crippen LogP contribution in [0.25, 0.3) is 16.6 Å². The first-order chi connectivity index (χ1) is 9.88. The molecule has 0 saturated heterocycles. The third kappa shape index (κ3) is 2.36. The van der Waals surface area contributed by atoms with Crippen molar-refractivity contribution in [2.24, 2.45) is 0 Å². The Bertz CT molecular complexity index is 851. The summed E-state index contributed by atoms with van der Waals surface area (Å²) >= 11 is 5.95. The van der Waals surface area contributed by atoms with Crippen molar-refractivity contribution < 1.29 is 0 Å². The van der Waals surface area contributed by atoms with Gasteiger partial charge in [-0.2, -0.15) is 5.10 Å². The number of fused-ring (bicyclic) bond motifs is 1. The Morgan fingerprint density at radius 1 is 1.19 bits per heavy atom. The molecule has 0 aliphatic rings. The Morgan fingerprint density at radius 3 is 2.48 bits per heavy atom. The zero-order valence-electron chi connectivity index (χ0n) is 12.2. The summed E-state index contributed by atoms with van der Waals surface area (Å²) in [5.74, 6) is 0. The van der Waals surface area contributed by atoms with Crippen molar-refractivity contribution in [3.8, 4) is 5.69 Å². The average molecular weight is 301 g/mol. The Balaban J connectivity index is 2.36. The largest absolute Gasteiger partial charge is 0.301 e. The van der Waals surface area contributed by atoms with E-state index in [-0.39, 0.29) is 5.41 Å². The van der Waals surface area contributed by atoms with Gasteiger partial charge in [0.05, 0.1) is 17.1 Å². The van der Waals surface area contributed by atoms with Crippen LogP contribution in [-0.4, -0.2) is 14.8 Å². The number of halogens is 1. The molecule has 0 bridgehead atoms. The number of H-pyrrole nitrogens is 1. The first-order valence-electron chi connectivity index (χ1n) is 6.77. The van der Waals surface area contributed by atoms with Crippen molar-refractivity contribution >= 4 is 22.5 Å². The molecule has 0 unspecified atom stereocenters. The molecular weight excluding hydrogens is 284 g/mol. The van der Waals surface area contributed by atoms with Crippen LogP contribution in [-0.2, 0) is 5.41 Å². The Hall–Kier alpha value is -2.07. The molecule has 0 spiro atoms. The Kier molecular flexibility index (Phi) is 3.14. The lowest BCUT2D eigenvalue weighted by Gasteiger charge is -2.22. The van der Waals surface area contributed by atoms with Crippen molar-refractivity contribution in [1.29, 1.82) is 5.41 Å². The molecule has 3 rings (SSSR count). The summed E-state index contributed by atoms with van der Waals surface area (Å²) in [4.78, 5) is 0. The molecule has 2 N–H and O–H groups in total. The van der Waals surface area contributed by atoms with Gasteiger partial charge in [0.25, 0.3) is 0 Å². The minimum atomic E-state index is -0.0489. The zero-order chi connectivity index (χ0) is 15.2. The molecule has 21 heavy (non-hydrogen) atoms. The van der Waals surface area contributed by atoms with E-state index in [0.717, 1.165) is 22.2 Å². The van der Waals surface area contributed by atoms with Crippen molar-refractivity contribution in [2.45, 2.75) is 26.2 Å². The third-order valence-corrected chi connectivity index (χ3v) is 3.83. The van der Waals surface area contributed by atoms with Crippen LogP contribution < -0.4 is 5.49 Å². The average Bonchev–Trinajstić information content (AvgIpc) is 2.89. The van der Waals surface area contributed by atoms with Crippen LogP contribution in [0.4, 0.5) is 0 Å². The number of hydrogen-bond acceptors (Lipinski definition) is 2. The van der Waals surface area contributed by atoms with Crippen molar-refractivity contribution in [2.75, 3.05) is 0 Å². The maximum absolute atomic E-state index is 8.42. The maximum Gasteiger partial charge on any atom is 0.140 e. The van der Waals surface area contributed by atoms with E-state index in [9.17, 15) is 0 Å². The van der Waals surface area contributed by atoms with Crippen LogP contribution in [0, 0.1) is 5.41 Å². The van der Waals surface area contributed by atoms with Crippen LogP contribution >= 0.6 is 11.6 Å². The van der Waals surface area contributed by atoms with E-state index in [1.807, 2.05) is 35.0 Å². The van der Waals surface area contributed by atoms with Gasteiger partial charge in [-0.25, -0.2) is 0 Å². The van der Waals surface area contributed by atoms with Gasteiger partial charge in [-0.3, -0.25) is 10.5 Å². The SMILES string of the molecule is CC(C)(C)c1cn(-c2ccc(Cl)cc2)c(=N)c2cn[nH]c12. The summed E-state index contributed by atoms with van der Waals surface area (Å²) in [6.45, 7) is 6.45. The number of benzene rings is 1. The second-order valence-corrected chi connectivity index (χ2v) is 6.58. The van der Waals surface area contributed by atoms with E-state index < -0.39 is 0 Å². The maximum atomic E-state index is 8.42. The first-order valence-corrected chi connectivity index (χ1v) is 7.15. The van der Waals surface area contributed by atoms with Crippen molar-refractivity contribution in [3.63, 3.8) is 0 Å². The lowest BCUT2D eigenvalue weighted by molar-refractivity contribution is 0.588. The second-order valence-electron chi connectivity index (χ2n) is 6.15. The molecule has 108 valence electrons. The molecule has 4 nitrogen and oxygen atoms in total. The van der Waals surface area contributed by atoms with Gasteiger partial charge in [-0.05, 0) is 35.2 Å². The first kappa shape index (κ1) is 13.9. The van der Waals surface area contributed by atoms with Crippen LogP contribution in [0.15, 0.2) is 36.7 Å². The summed E-state index contributed by atoms with van der Waals surface area (Å²) in [6.07, 6.45) is 3.71. The second kappa shape index (κ2) is 4.74. The molecule has 2 heterocycles. The molecule has 5 heteroatoms. The van der Waals surface area contributed by atoms with E-state index in [1.165, 1.54) is 0 Å². The minimum Gasteiger partial charge on any atom is -0.301 e. The highest BCUT2D eigenvalue weighted by Gasteiger charge is 2.20. The smallest absolute Gasteiger partial charge is 0.140 e. The van der Waals surface area contributed by atoms with E-state index in [2.05, 4.69) is 31.0 Å². The number of pyridine rings is 1. The summed E-state index contributed by atoms with van der Waals surface area (Å²) in [7, 11) is 0. The normalized spacial score (nSPS) is 12.0. The van der Waals surface area contributed by atoms with E-state index >= 15 is 0 Å². The molecule has 3 aromatic rings. The third-order valence-electron chi connectivity index (χ3n) is 3.58. The fourth-order valence-electron chi connectivity index (χ4n) is 2.43. The van der Waals surface area contributed by atoms with Gasteiger partial charge in [0.2, 0.25) is 0 Å². The van der Waals surface area contributed by atoms with Crippen LogP contribution in [0.1, 0.15) is 26.3 Å². The van der Waals surface area contributed by atoms with E-state index in [0.29, 0.717) is 10.5 Å². The van der Waals surface area contributed by atoms with Gasteiger partial charge in [0, 0.05) is 16.9 Å². The Labute approximate surface area is 127 Å². The van der Waals surface area contributed by atoms with Gasteiger partial charge in [-0.15, -0.1) is 0 Å². The van der Waals surface area contributed by atoms with Gasteiger partial charge < -0.3 is 4.57 Å². The predicted molar refractivity (Wildman–Crippen MR) is 85.0 cm³/mol. The molecule has 0 saturated carbocycles. The standard InChI is InChI=1S/C16H17ClN4/c1-16(2,3)13-9-21(11-6-4-10(17)5-7-11)15(18)12-8-19-20-14(12)13/h4-9,18H,1-3H3,(H,19,20). The van der Waals surface area contributed by atoms with Crippen LogP contribution in [0.3, 0.4) is 0 Å². The van der Waals surface area contributed by atoms with Gasteiger partial charge >= 0.3 is 0 Å². The fraction of sp³-hybridized carbons (Fsp3) is 0.250. The summed E-state index contributed by atoms with van der Waals surface area (Å²) in [5, 5.41) is 17.0. The number of nitrogens with zero attached hydrogens (tertiary/aromatic N) is 2. The van der Waals surface area contributed by atoms with Gasteiger partial charge in [0.1, 0.15) is 5.49 Å². The number of nitrogens with one attached hydrogen (secondary N) is 2. The molecule has 0 aliphatic heterocycles. The van der Waals surface area contributed by atoms with Gasteiger partial charge in [0.15, 0.2) is 0 Å². The molecule has 0 fully saturated rings. The van der Waals surface area contributed by atoms with Crippen LogP contribution in [0.5, 0.6) is 0 Å². The summed E-state index contributed by atoms with van der Waals surface area (Å²) < 4.78 is 1.87. The quantitative estimate of drug-likeness (QED) is 0.706. The lowest BCUT2D eigenvalue weighted by Crippen LogP contribution is -2.23. The molecule has 1 aromatic carbocycles. The molecule has 0 radical (unpaired) electrons. The zero-order valence-corrected chi connectivity index (χ0v) is 13.0. The molecular formula is C16H17ClN4. The monoisotopic (exact) mass is 300 g/mol. The lowest BCUT2D eigenvalue weighted by atomic mass is 9.87. The van der Waals surface area contributed by atoms with E-state index in [4.69, 9.17) is 17.0 Å². The van der Waals surface area contributed by atoms with Gasteiger partial charge in [-0.1, -0.05) is 32.4 Å². The number of aromatic nitrogens is 3. The highest BCUT2D eigenvalue weighted by molar-refractivity contribution is 6.30. The van der Waals surface area contributed by atoms with Crippen molar-refractivity contribution in [1.82, 2.24) is 14.8 Å². The highest BCUT2D eigenvalue weighted by atomic mass is 35.5. The highest BCUT2D eigenvalue weighted by Crippen LogP contribution is 2.27. The summed E-state index contributed by atoms with van der Waals surface area (Å²) in [6, 6.07) is 7.50. The molecule has 0 aliphatic carbocycles. The Morgan fingerprint density at radius 2 is 1.86 bits per heavy atom. The van der Waals surface area contributed by atoms with Crippen molar-refractivity contribution in [3.05, 3.63) is 52.7 Å². The number of hydrogen-bond donors (Lipinski definition) is 2. The minimum absolute atomic E-state index is 0.0489. The van der Waals surface area contributed by atoms with Crippen LogP contribution in [0.2, 0.25) is 5.02 Å². The molecule has 0 amide bonds. The number of rotatable bonds is 1. The predicted octanol–water partition coefficient (Wildman–Crippen LogP) is 3.78. The fourth-order valence-corrected chi connectivity index (χ4v) is 2.56. The number of aromatic amines is 1.